The number of carboxylic acid groups (broad SMARTS) is 1. The minimum Gasteiger partial charge on any atom is -0.534 e. The molecule has 3 rings (SSSR count). The molecule has 120 valence electrons. The van der Waals surface area contributed by atoms with E-state index in [1.54, 1.807) is 30.1 Å². The summed E-state index contributed by atoms with van der Waals surface area (Å²) in [4.78, 5) is 11.5. The Morgan fingerprint density at radius 3 is 2.96 bits per heavy atom. The topological polar surface area (TPSA) is 107 Å². The van der Waals surface area contributed by atoms with Crippen LogP contribution in [0.5, 0.6) is 11.5 Å². The fourth-order valence-electron chi connectivity index (χ4n) is 2.40. The first kappa shape index (κ1) is 15.7. The van der Waals surface area contributed by atoms with Crippen LogP contribution in [0.3, 0.4) is 0 Å². The van der Waals surface area contributed by atoms with Crippen molar-refractivity contribution in [2.75, 3.05) is 7.11 Å². The Kier molecular flexibility index (Phi) is 4.18. The quantitative estimate of drug-likeness (QED) is 0.784. The van der Waals surface area contributed by atoms with E-state index in [0.717, 1.165) is 0 Å². The third kappa shape index (κ3) is 2.87. The van der Waals surface area contributed by atoms with Gasteiger partial charge in [0.1, 0.15) is 23.4 Å². The van der Waals surface area contributed by atoms with Gasteiger partial charge in [-0.3, -0.25) is 0 Å². The lowest BCUT2D eigenvalue weighted by Gasteiger charge is -2.28. The number of ether oxygens (including phenoxy) is 1. The molecule has 2 heterocycles. The first-order chi connectivity index (χ1) is 11.0. The van der Waals surface area contributed by atoms with Crippen molar-refractivity contribution >= 4 is 24.8 Å². The normalized spacial score (nSPS) is 16.7. The summed E-state index contributed by atoms with van der Waals surface area (Å²) in [5.74, 6) is -0.813. The summed E-state index contributed by atoms with van der Waals surface area (Å²) in [6.07, 6.45) is 2.01. The maximum absolute atomic E-state index is 11.5. The molecule has 8 nitrogen and oxygen atoms in total. The number of aromatic nitrogens is 3. The van der Waals surface area contributed by atoms with Crippen molar-refractivity contribution < 1.29 is 24.3 Å². The number of rotatable bonds is 4. The number of thioether (sulfide) groups is 1. The number of carboxylic acids is 1. The van der Waals surface area contributed by atoms with E-state index in [4.69, 9.17) is 9.39 Å². The van der Waals surface area contributed by atoms with Crippen LogP contribution in [0.1, 0.15) is 15.9 Å². The molecule has 0 saturated heterocycles. The number of carbonyl (C=O) groups is 1. The molecule has 0 bridgehead atoms. The van der Waals surface area contributed by atoms with Crippen molar-refractivity contribution in [3.63, 3.8) is 0 Å². The zero-order valence-corrected chi connectivity index (χ0v) is 13.3. The molecule has 1 aromatic heterocycles. The van der Waals surface area contributed by atoms with E-state index < -0.39 is 13.1 Å². The van der Waals surface area contributed by atoms with Crippen LogP contribution in [0.4, 0.5) is 0 Å². The number of hydrogen-bond acceptors (Lipinski definition) is 7. The van der Waals surface area contributed by atoms with Crippen LogP contribution >= 0.6 is 11.8 Å². The van der Waals surface area contributed by atoms with E-state index in [2.05, 4.69) is 10.2 Å². The van der Waals surface area contributed by atoms with Crippen LogP contribution in [0.2, 0.25) is 0 Å². The fourth-order valence-corrected chi connectivity index (χ4v) is 3.42. The minimum absolute atomic E-state index is 0.0776. The third-order valence-electron chi connectivity index (χ3n) is 3.54. The van der Waals surface area contributed by atoms with Crippen LogP contribution < -0.4 is 9.39 Å². The van der Waals surface area contributed by atoms with Gasteiger partial charge in [-0.05, 0) is 18.1 Å². The molecule has 0 fully saturated rings. The SMILES string of the molecule is COc1ccc2c(c1C(=O)O)OB(O)C(Sc1nncn1C)C2. The predicted octanol–water partition coefficient (Wildman–Crippen LogP) is 0.637. The van der Waals surface area contributed by atoms with Gasteiger partial charge in [0.2, 0.25) is 0 Å². The summed E-state index contributed by atoms with van der Waals surface area (Å²) in [6, 6.07) is 3.34. The average molecular weight is 335 g/mol. The van der Waals surface area contributed by atoms with Gasteiger partial charge in [-0.1, -0.05) is 17.8 Å². The molecule has 1 unspecified atom stereocenters. The zero-order chi connectivity index (χ0) is 16.6. The Balaban J connectivity index is 1.93. The van der Waals surface area contributed by atoms with Crippen molar-refractivity contribution in [3.05, 3.63) is 29.6 Å². The largest absolute Gasteiger partial charge is 0.537 e. The van der Waals surface area contributed by atoms with Crippen molar-refractivity contribution in [1.29, 1.82) is 0 Å². The van der Waals surface area contributed by atoms with Crippen LogP contribution in [0.15, 0.2) is 23.6 Å². The van der Waals surface area contributed by atoms with Gasteiger partial charge in [0.25, 0.3) is 0 Å². The Morgan fingerprint density at radius 2 is 2.35 bits per heavy atom. The second-order valence-electron chi connectivity index (χ2n) is 5.03. The summed E-state index contributed by atoms with van der Waals surface area (Å²) in [5.41, 5.74) is 0.624. The van der Waals surface area contributed by atoms with Gasteiger partial charge < -0.3 is 24.1 Å². The summed E-state index contributed by atoms with van der Waals surface area (Å²) in [5, 5.41) is 27.7. The lowest BCUT2D eigenvalue weighted by Crippen LogP contribution is -2.41. The molecule has 0 saturated carbocycles. The van der Waals surface area contributed by atoms with Gasteiger partial charge in [-0.25, -0.2) is 4.79 Å². The average Bonchev–Trinajstić information content (AvgIpc) is 2.92. The van der Waals surface area contributed by atoms with Gasteiger partial charge in [0.05, 0.1) is 12.3 Å². The van der Waals surface area contributed by atoms with Crippen LogP contribution in [-0.4, -0.2) is 50.2 Å². The summed E-state index contributed by atoms with van der Waals surface area (Å²) in [6.45, 7) is 0. The summed E-state index contributed by atoms with van der Waals surface area (Å²) >= 11 is 1.33. The van der Waals surface area contributed by atoms with Crippen molar-refractivity contribution in [2.24, 2.45) is 7.05 Å². The Labute approximate surface area is 136 Å². The van der Waals surface area contributed by atoms with Crippen molar-refractivity contribution in [2.45, 2.75) is 16.7 Å². The molecule has 2 N–H and O–H groups in total. The number of aryl methyl sites for hydroxylation is 1. The Hall–Kier alpha value is -2.20. The van der Waals surface area contributed by atoms with Crippen molar-refractivity contribution in [3.8, 4) is 11.5 Å². The maximum atomic E-state index is 11.5. The molecule has 0 radical (unpaired) electrons. The lowest BCUT2D eigenvalue weighted by molar-refractivity contribution is 0.0690. The van der Waals surface area contributed by atoms with Gasteiger partial charge in [-0.15, -0.1) is 10.2 Å². The Morgan fingerprint density at radius 1 is 1.57 bits per heavy atom. The summed E-state index contributed by atoms with van der Waals surface area (Å²) < 4.78 is 12.3. The first-order valence-corrected chi connectivity index (χ1v) is 7.67. The van der Waals surface area contributed by atoms with E-state index in [-0.39, 0.29) is 22.2 Å². The molecular weight excluding hydrogens is 321 g/mol. The van der Waals surface area contributed by atoms with E-state index in [9.17, 15) is 14.9 Å². The second-order valence-corrected chi connectivity index (χ2v) is 6.24. The van der Waals surface area contributed by atoms with E-state index in [0.29, 0.717) is 17.1 Å². The highest BCUT2D eigenvalue weighted by molar-refractivity contribution is 8.01. The van der Waals surface area contributed by atoms with E-state index >= 15 is 0 Å². The molecular formula is C13H14BN3O5S. The lowest BCUT2D eigenvalue weighted by atomic mass is 9.77. The third-order valence-corrected chi connectivity index (χ3v) is 4.82. The molecule has 1 aliphatic rings. The van der Waals surface area contributed by atoms with Crippen LogP contribution in [0.25, 0.3) is 0 Å². The number of fused-ring (bicyclic) bond motifs is 1. The predicted molar refractivity (Wildman–Crippen MR) is 82.9 cm³/mol. The van der Waals surface area contributed by atoms with Crippen molar-refractivity contribution in [1.82, 2.24) is 14.8 Å². The maximum Gasteiger partial charge on any atom is 0.537 e. The highest BCUT2D eigenvalue weighted by Gasteiger charge is 2.39. The smallest absolute Gasteiger partial charge is 0.534 e. The molecule has 1 atom stereocenters. The molecule has 0 aliphatic carbocycles. The first-order valence-electron chi connectivity index (χ1n) is 6.79. The molecule has 1 aliphatic heterocycles. The molecule has 23 heavy (non-hydrogen) atoms. The monoisotopic (exact) mass is 335 g/mol. The van der Waals surface area contributed by atoms with E-state index in [1.165, 1.54) is 18.9 Å². The van der Waals surface area contributed by atoms with Gasteiger partial charge in [-0.2, -0.15) is 0 Å². The highest BCUT2D eigenvalue weighted by atomic mass is 32.2. The molecule has 0 amide bonds. The molecule has 1 aromatic carbocycles. The van der Waals surface area contributed by atoms with Gasteiger partial charge in [0.15, 0.2) is 5.16 Å². The van der Waals surface area contributed by atoms with Crippen LogP contribution in [0, 0.1) is 0 Å². The highest BCUT2D eigenvalue weighted by Crippen LogP contribution is 2.39. The van der Waals surface area contributed by atoms with Gasteiger partial charge >= 0.3 is 13.1 Å². The zero-order valence-electron chi connectivity index (χ0n) is 12.5. The fraction of sp³-hybridized carbons (Fsp3) is 0.308. The number of methoxy groups -OCH3 is 1. The van der Waals surface area contributed by atoms with Crippen LogP contribution in [-0.2, 0) is 13.5 Å². The minimum atomic E-state index is -1.16. The number of benzene rings is 1. The van der Waals surface area contributed by atoms with E-state index in [1.807, 2.05) is 0 Å². The second kappa shape index (κ2) is 6.13. The standard InChI is InChI=1S/C13H14BN3O5S/c1-17-6-15-16-13(17)23-9-5-7-3-4-8(21-2)10(12(18)19)11(7)22-14(9)20/h3-4,6,9,20H,5H2,1-2H3,(H,18,19). The molecule has 2 aromatic rings. The number of aromatic carboxylic acids is 1. The van der Waals surface area contributed by atoms with Gasteiger partial charge in [0, 0.05) is 7.05 Å². The Bertz CT molecular complexity index is 753. The number of hydrogen-bond donors (Lipinski definition) is 2. The number of nitrogens with zero attached hydrogens (tertiary/aromatic N) is 3. The molecule has 0 spiro atoms. The summed E-state index contributed by atoms with van der Waals surface area (Å²) in [7, 11) is 2.04. The molecule has 10 heteroatoms.